The summed E-state index contributed by atoms with van der Waals surface area (Å²) in [5.74, 6) is 0.132. The minimum absolute atomic E-state index is 0.104. The van der Waals surface area contributed by atoms with Crippen LogP contribution in [0, 0.1) is 0 Å². The number of aliphatic imine (C=N–C) groups is 2. The van der Waals surface area contributed by atoms with Crippen molar-refractivity contribution < 1.29 is 14.3 Å². The molecule has 1 aromatic rings. The number of nitrogens with one attached hydrogen (secondary N) is 1. The van der Waals surface area contributed by atoms with E-state index in [9.17, 15) is 9.59 Å². The molecule has 6 nitrogen and oxygen atoms in total. The van der Waals surface area contributed by atoms with E-state index in [1.54, 1.807) is 38.3 Å². The molecular weight excluding hydrogens is 302 g/mol. The van der Waals surface area contributed by atoms with Crippen LogP contribution >= 0.6 is 11.8 Å². The van der Waals surface area contributed by atoms with E-state index in [0.29, 0.717) is 17.1 Å². The lowest BCUT2D eigenvalue weighted by atomic mass is 10.2. The highest BCUT2D eigenvalue weighted by molar-refractivity contribution is 8.14. The molecule has 7 heteroatoms. The molecule has 0 spiro atoms. The van der Waals surface area contributed by atoms with Gasteiger partial charge < -0.3 is 10.1 Å². The van der Waals surface area contributed by atoms with Gasteiger partial charge in [0, 0.05) is 11.8 Å². The summed E-state index contributed by atoms with van der Waals surface area (Å²) in [4.78, 5) is 31.3. The van der Waals surface area contributed by atoms with Gasteiger partial charge in [-0.2, -0.15) is 4.99 Å². The topological polar surface area (TPSA) is 80.1 Å². The number of rotatable bonds is 4. The fourth-order valence-electron chi connectivity index (χ4n) is 1.64. The van der Waals surface area contributed by atoms with Gasteiger partial charge in [-0.1, -0.05) is 24.4 Å². The fourth-order valence-corrected chi connectivity index (χ4v) is 2.32. The number of anilines is 1. The Hall–Kier alpha value is -2.41. The van der Waals surface area contributed by atoms with Gasteiger partial charge in [-0.25, -0.2) is 4.99 Å². The van der Waals surface area contributed by atoms with Crippen LogP contribution in [0.5, 0.6) is 5.75 Å². The predicted octanol–water partition coefficient (Wildman–Crippen LogP) is 2.28. The quantitative estimate of drug-likeness (QED) is 0.864. The van der Waals surface area contributed by atoms with Crippen LogP contribution in [0.3, 0.4) is 0 Å². The third-order valence-electron chi connectivity index (χ3n) is 2.84. The van der Waals surface area contributed by atoms with E-state index in [0.717, 1.165) is 11.8 Å². The molecule has 0 atom stereocenters. The maximum absolute atomic E-state index is 11.9. The minimum atomic E-state index is -0.414. The number of amidine groups is 1. The fraction of sp³-hybridized carbons (Fsp3) is 0.200. The van der Waals surface area contributed by atoms with Gasteiger partial charge >= 0.3 is 0 Å². The number of hydrogen-bond acceptors (Lipinski definition) is 5. The monoisotopic (exact) mass is 317 g/mol. The summed E-state index contributed by atoms with van der Waals surface area (Å²) >= 11 is 1.10. The van der Waals surface area contributed by atoms with Crippen LogP contribution < -0.4 is 10.1 Å². The number of methoxy groups -OCH3 is 1. The van der Waals surface area contributed by atoms with Gasteiger partial charge in [-0.3, -0.25) is 9.59 Å². The maximum atomic E-state index is 11.9. The highest BCUT2D eigenvalue weighted by Gasteiger charge is 2.17. The first-order chi connectivity index (χ1) is 10.5. The lowest BCUT2D eigenvalue weighted by molar-refractivity contribution is -0.114. The van der Waals surface area contributed by atoms with Crippen molar-refractivity contribution in [1.29, 1.82) is 0 Å². The van der Waals surface area contributed by atoms with Crippen molar-refractivity contribution in [3.05, 3.63) is 36.4 Å². The van der Waals surface area contributed by atoms with Gasteiger partial charge in [0.25, 0.3) is 5.91 Å². The molecule has 0 aliphatic carbocycles. The van der Waals surface area contributed by atoms with Crippen molar-refractivity contribution in [1.82, 2.24) is 0 Å². The highest BCUT2D eigenvalue weighted by atomic mass is 32.2. The summed E-state index contributed by atoms with van der Waals surface area (Å²) in [7, 11) is 1.56. The molecule has 1 aliphatic heterocycles. The van der Waals surface area contributed by atoms with Crippen LogP contribution in [0.15, 0.2) is 46.4 Å². The first-order valence-electron chi connectivity index (χ1n) is 6.44. The molecule has 2 amide bonds. The predicted molar refractivity (Wildman–Crippen MR) is 88.8 cm³/mol. The van der Waals surface area contributed by atoms with E-state index in [4.69, 9.17) is 4.74 Å². The van der Waals surface area contributed by atoms with Crippen molar-refractivity contribution in [3.8, 4) is 5.75 Å². The average Bonchev–Trinajstić information content (AvgIpc) is 2.50. The number of carbonyl (C=O) groups is 2. The molecule has 1 aromatic carbocycles. The summed E-state index contributed by atoms with van der Waals surface area (Å²) in [5.41, 5.74) is 1.44. The first-order valence-corrected chi connectivity index (χ1v) is 7.42. The molecule has 22 heavy (non-hydrogen) atoms. The van der Waals surface area contributed by atoms with Crippen LogP contribution in [0.2, 0.25) is 0 Å². The second-order valence-electron chi connectivity index (χ2n) is 4.44. The Labute approximate surface area is 132 Å². The number of thioether (sulfide) groups is 1. The van der Waals surface area contributed by atoms with Gasteiger partial charge in [0.05, 0.1) is 24.1 Å². The van der Waals surface area contributed by atoms with Gasteiger partial charge in [-0.15, -0.1) is 0 Å². The number of carbonyl (C=O) groups excluding carboxylic acids is 2. The van der Waals surface area contributed by atoms with Gasteiger partial charge in [-0.05, 0) is 19.1 Å². The van der Waals surface area contributed by atoms with Crippen molar-refractivity contribution >= 4 is 40.1 Å². The normalized spacial score (nSPS) is 14.3. The number of ether oxygens (including phenoxy) is 1. The standard InChI is InChI=1S/C15H15N3O3S/c1-9-10(2)16-15(18-14(9)20)22-8-13(19)17-11-5-4-6-12(7-11)21-3/h4-7H,1,8H2,2-3H3,(H,17,19). The Morgan fingerprint density at radius 1 is 1.41 bits per heavy atom. The Balaban J connectivity index is 1.92. The van der Waals surface area contributed by atoms with E-state index in [1.807, 2.05) is 0 Å². The molecule has 0 fully saturated rings. The molecule has 0 saturated carbocycles. The zero-order chi connectivity index (χ0) is 16.1. The number of benzene rings is 1. The van der Waals surface area contributed by atoms with Crippen molar-refractivity contribution in [2.24, 2.45) is 9.98 Å². The van der Waals surface area contributed by atoms with Crippen LogP contribution in [-0.2, 0) is 9.59 Å². The third kappa shape index (κ3) is 4.05. The van der Waals surface area contributed by atoms with E-state index in [2.05, 4.69) is 21.9 Å². The van der Waals surface area contributed by atoms with Gasteiger partial charge in [0.1, 0.15) is 5.75 Å². The number of amides is 2. The van der Waals surface area contributed by atoms with E-state index < -0.39 is 5.91 Å². The lowest BCUT2D eigenvalue weighted by Crippen LogP contribution is -2.18. The smallest absolute Gasteiger partial charge is 0.280 e. The summed E-state index contributed by atoms with van der Waals surface area (Å²) in [6, 6.07) is 7.05. The summed E-state index contributed by atoms with van der Waals surface area (Å²) in [6.45, 7) is 5.28. The second-order valence-corrected chi connectivity index (χ2v) is 5.39. The van der Waals surface area contributed by atoms with Crippen LogP contribution in [0.25, 0.3) is 0 Å². The Morgan fingerprint density at radius 2 is 2.18 bits per heavy atom. The largest absolute Gasteiger partial charge is 0.497 e. The molecule has 1 heterocycles. The second kappa shape index (κ2) is 7.04. The number of hydrogen-bond donors (Lipinski definition) is 1. The Bertz CT molecular complexity index is 695. The molecule has 114 valence electrons. The SMILES string of the molecule is C=C1C(=O)N=C(SCC(=O)Nc2cccc(OC)c2)N=C1C. The molecule has 0 saturated heterocycles. The zero-order valence-electron chi connectivity index (χ0n) is 12.3. The van der Waals surface area contributed by atoms with Gasteiger partial charge in [0.2, 0.25) is 5.91 Å². The van der Waals surface area contributed by atoms with Crippen molar-refractivity contribution in [2.75, 3.05) is 18.2 Å². The van der Waals surface area contributed by atoms with Crippen molar-refractivity contribution in [2.45, 2.75) is 6.92 Å². The molecular formula is C15H15N3O3S. The Kier molecular flexibility index (Phi) is 5.11. The minimum Gasteiger partial charge on any atom is -0.497 e. The summed E-state index contributed by atoms with van der Waals surface area (Å²) < 4.78 is 5.09. The third-order valence-corrected chi connectivity index (χ3v) is 3.69. The molecule has 0 radical (unpaired) electrons. The average molecular weight is 317 g/mol. The molecule has 1 aliphatic rings. The molecule has 1 N–H and O–H groups in total. The molecule has 0 aromatic heterocycles. The van der Waals surface area contributed by atoms with E-state index in [1.165, 1.54) is 0 Å². The van der Waals surface area contributed by atoms with Crippen LogP contribution in [0.4, 0.5) is 5.69 Å². The molecule has 0 bridgehead atoms. The zero-order valence-corrected chi connectivity index (χ0v) is 13.1. The van der Waals surface area contributed by atoms with Gasteiger partial charge in [0.15, 0.2) is 5.17 Å². The van der Waals surface area contributed by atoms with E-state index in [-0.39, 0.29) is 22.4 Å². The van der Waals surface area contributed by atoms with Crippen LogP contribution in [0.1, 0.15) is 6.92 Å². The maximum Gasteiger partial charge on any atom is 0.280 e. The number of nitrogens with zero attached hydrogens (tertiary/aromatic N) is 2. The first kappa shape index (κ1) is 16.0. The van der Waals surface area contributed by atoms with Crippen molar-refractivity contribution in [3.63, 3.8) is 0 Å². The van der Waals surface area contributed by atoms with Crippen LogP contribution in [-0.4, -0.2) is 35.6 Å². The molecule has 0 unspecified atom stereocenters. The Morgan fingerprint density at radius 3 is 2.86 bits per heavy atom. The summed E-state index contributed by atoms with van der Waals surface area (Å²) in [6.07, 6.45) is 0. The molecule has 2 rings (SSSR count). The summed E-state index contributed by atoms with van der Waals surface area (Å²) in [5, 5.41) is 3.02. The lowest BCUT2D eigenvalue weighted by Gasteiger charge is -2.10. The van der Waals surface area contributed by atoms with E-state index >= 15 is 0 Å². The highest BCUT2D eigenvalue weighted by Crippen LogP contribution is 2.18.